The van der Waals surface area contributed by atoms with Crippen LogP contribution in [0.2, 0.25) is 0 Å². The lowest BCUT2D eigenvalue weighted by Crippen LogP contribution is -2.38. The molecule has 0 aliphatic carbocycles. The number of hydrazine groups is 1. The molecule has 0 saturated heterocycles. The Bertz CT molecular complexity index is 517. The molecule has 1 aromatic heterocycles. The lowest BCUT2D eigenvalue weighted by molar-refractivity contribution is 0.520. The fourth-order valence-electron chi connectivity index (χ4n) is 1.93. The van der Waals surface area contributed by atoms with Crippen LogP contribution in [0.4, 0.5) is 4.39 Å². The number of nitrogens with two attached hydrogens (primary N) is 1. The van der Waals surface area contributed by atoms with Crippen molar-refractivity contribution in [3.05, 3.63) is 51.2 Å². The Balaban J connectivity index is 2.02. The van der Waals surface area contributed by atoms with Crippen molar-refractivity contribution in [3.63, 3.8) is 0 Å². The maximum Gasteiger partial charge on any atom is 0.123 e. The predicted octanol–water partition coefficient (Wildman–Crippen LogP) is 2.52. The zero-order valence-corrected chi connectivity index (χ0v) is 11.9. The summed E-state index contributed by atoms with van der Waals surface area (Å²) >= 11 is 1.70. The van der Waals surface area contributed by atoms with Gasteiger partial charge in [0.2, 0.25) is 0 Å². The van der Waals surface area contributed by atoms with Crippen LogP contribution in [0.5, 0.6) is 0 Å². The molecule has 1 unspecified atom stereocenters. The second-order valence-electron chi connectivity index (χ2n) is 4.65. The van der Waals surface area contributed by atoms with Crippen LogP contribution in [0.3, 0.4) is 0 Å². The van der Waals surface area contributed by atoms with Crippen molar-refractivity contribution in [3.8, 4) is 0 Å². The van der Waals surface area contributed by atoms with Crippen molar-refractivity contribution >= 4 is 11.3 Å². The molecule has 102 valence electrons. The van der Waals surface area contributed by atoms with E-state index in [4.69, 9.17) is 5.84 Å². The molecule has 0 bridgehead atoms. The van der Waals surface area contributed by atoms with Gasteiger partial charge in [-0.05, 0) is 38.0 Å². The molecule has 2 aromatic rings. The Morgan fingerprint density at radius 1 is 1.26 bits per heavy atom. The molecule has 0 aliphatic heterocycles. The van der Waals surface area contributed by atoms with E-state index < -0.39 is 0 Å². The number of nitrogens with zero attached hydrogens (tertiary/aromatic N) is 1. The second kappa shape index (κ2) is 6.23. The Morgan fingerprint density at radius 2 is 1.95 bits per heavy atom. The summed E-state index contributed by atoms with van der Waals surface area (Å²) in [4.78, 5) is 5.76. The molecule has 2 rings (SSSR count). The molecular formula is C14H18FN3S. The first-order valence-corrected chi connectivity index (χ1v) is 7.03. The number of rotatable bonds is 5. The summed E-state index contributed by atoms with van der Waals surface area (Å²) in [6, 6.07) is 6.63. The van der Waals surface area contributed by atoms with E-state index in [0.717, 1.165) is 29.1 Å². The van der Waals surface area contributed by atoms with Gasteiger partial charge in [-0.2, -0.15) is 0 Å². The summed E-state index contributed by atoms with van der Waals surface area (Å²) in [5, 5.41) is 1.08. The summed E-state index contributed by atoms with van der Waals surface area (Å²) in [6.07, 6.45) is 1.54. The molecule has 1 heterocycles. The van der Waals surface area contributed by atoms with Crippen molar-refractivity contribution in [2.75, 3.05) is 0 Å². The first kappa shape index (κ1) is 14.1. The minimum atomic E-state index is -0.216. The largest absolute Gasteiger partial charge is 0.271 e. The van der Waals surface area contributed by atoms with Crippen LogP contribution in [0.25, 0.3) is 0 Å². The van der Waals surface area contributed by atoms with Gasteiger partial charge in [-0.25, -0.2) is 9.37 Å². The van der Waals surface area contributed by atoms with Gasteiger partial charge in [-0.3, -0.25) is 11.3 Å². The van der Waals surface area contributed by atoms with Crippen molar-refractivity contribution < 1.29 is 4.39 Å². The summed E-state index contributed by atoms with van der Waals surface area (Å²) in [7, 11) is 0. The van der Waals surface area contributed by atoms with Crippen molar-refractivity contribution in [1.29, 1.82) is 0 Å². The minimum absolute atomic E-state index is 0.107. The SMILES string of the molecule is Cc1nc(CC(Cc2ccc(F)cc2)NN)sc1C. The topological polar surface area (TPSA) is 50.9 Å². The van der Waals surface area contributed by atoms with Gasteiger partial charge in [0.25, 0.3) is 0 Å². The third-order valence-corrected chi connectivity index (χ3v) is 4.22. The monoisotopic (exact) mass is 279 g/mol. The van der Waals surface area contributed by atoms with Gasteiger partial charge in [0.15, 0.2) is 0 Å². The van der Waals surface area contributed by atoms with E-state index in [0.29, 0.717) is 0 Å². The Morgan fingerprint density at radius 3 is 2.47 bits per heavy atom. The van der Waals surface area contributed by atoms with Gasteiger partial charge in [-0.1, -0.05) is 12.1 Å². The lowest BCUT2D eigenvalue weighted by atomic mass is 10.0. The molecule has 0 saturated carbocycles. The number of aryl methyl sites for hydroxylation is 2. The zero-order valence-electron chi connectivity index (χ0n) is 11.1. The molecular weight excluding hydrogens is 261 g/mol. The average molecular weight is 279 g/mol. The van der Waals surface area contributed by atoms with Gasteiger partial charge in [0.05, 0.1) is 10.7 Å². The highest BCUT2D eigenvalue weighted by molar-refractivity contribution is 7.11. The normalized spacial score (nSPS) is 12.6. The van der Waals surface area contributed by atoms with E-state index >= 15 is 0 Å². The van der Waals surface area contributed by atoms with E-state index in [9.17, 15) is 4.39 Å². The van der Waals surface area contributed by atoms with E-state index in [1.165, 1.54) is 17.0 Å². The fourth-order valence-corrected chi connectivity index (χ4v) is 2.95. The summed E-state index contributed by atoms with van der Waals surface area (Å²) in [5.41, 5.74) is 4.96. The molecule has 0 spiro atoms. The number of thiazole rings is 1. The number of hydrogen-bond donors (Lipinski definition) is 2. The number of nitrogens with one attached hydrogen (secondary N) is 1. The number of aromatic nitrogens is 1. The highest BCUT2D eigenvalue weighted by Crippen LogP contribution is 2.18. The summed E-state index contributed by atoms with van der Waals surface area (Å²) < 4.78 is 12.9. The standard InChI is InChI=1S/C14H18FN3S/c1-9-10(2)19-14(17-9)8-13(18-16)7-11-3-5-12(15)6-4-11/h3-6,13,18H,7-8,16H2,1-2H3. The Hall–Kier alpha value is -1.30. The maximum absolute atomic E-state index is 12.9. The predicted molar refractivity (Wildman–Crippen MR) is 76.5 cm³/mol. The number of benzene rings is 1. The molecule has 19 heavy (non-hydrogen) atoms. The van der Waals surface area contributed by atoms with Crippen LogP contribution < -0.4 is 11.3 Å². The maximum atomic E-state index is 12.9. The first-order chi connectivity index (χ1) is 9.08. The number of hydrogen-bond acceptors (Lipinski definition) is 4. The van der Waals surface area contributed by atoms with E-state index in [1.54, 1.807) is 23.5 Å². The smallest absolute Gasteiger partial charge is 0.123 e. The summed E-state index contributed by atoms with van der Waals surface area (Å²) in [5.74, 6) is 5.38. The zero-order chi connectivity index (χ0) is 13.8. The van der Waals surface area contributed by atoms with Gasteiger partial charge in [0, 0.05) is 17.3 Å². The third-order valence-electron chi connectivity index (χ3n) is 3.12. The molecule has 0 aliphatic rings. The minimum Gasteiger partial charge on any atom is -0.271 e. The quantitative estimate of drug-likeness (QED) is 0.653. The van der Waals surface area contributed by atoms with Gasteiger partial charge < -0.3 is 0 Å². The van der Waals surface area contributed by atoms with Gasteiger partial charge >= 0.3 is 0 Å². The summed E-state index contributed by atoms with van der Waals surface area (Å²) in [6.45, 7) is 4.08. The Kier molecular flexibility index (Phi) is 4.63. The molecule has 3 N–H and O–H groups in total. The van der Waals surface area contributed by atoms with E-state index in [2.05, 4.69) is 17.3 Å². The van der Waals surface area contributed by atoms with Crippen molar-refractivity contribution in [1.82, 2.24) is 10.4 Å². The molecule has 5 heteroatoms. The Labute approximate surface area is 116 Å². The van der Waals surface area contributed by atoms with Crippen LogP contribution in [-0.4, -0.2) is 11.0 Å². The van der Waals surface area contributed by atoms with Crippen LogP contribution in [0.1, 0.15) is 21.1 Å². The third kappa shape index (κ3) is 3.83. The van der Waals surface area contributed by atoms with Gasteiger partial charge in [0.1, 0.15) is 5.82 Å². The van der Waals surface area contributed by atoms with Crippen molar-refractivity contribution in [2.45, 2.75) is 32.7 Å². The van der Waals surface area contributed by atoms with Gasteiger partial charge in [-0.15, -0.1) is 11.3 Å². The molecule has 3 nitrogen and oxygen atoms in total. The molecule has 0 amide bonds. The molecule has 1 aromatic carbocycles. The van der Waals surface area contributed by atoms with Crippen LogP contribution in [0.15, 0.2) is 24.3 Å². The van der Waals surface area contributed by atoms with E-state index in [1.807, 2.05) is 6.92 Å². The highest BCUT2D eigenvalue weighted by Gasteiger charge is 2.12. The lowest BCUT2D eigenvalue weighted by Gasteiger charge is -2.14. The second-order valence-corrected chi connectivity index (χ2v) is 5.94. The molecule has 0 radical (unpaired) electrons. The average Bonchev–Trinajstić information content (AvgIpc) is 2.70. The van der Waals surface area contributed by atoms with Crippen molar-refractivity contribution in [2.24, 2.45) is 5.84 Å². The first-order valence-electron chi connectivity index (χ1n) is 6.22. The molecule has 1 atom stereocenters. The fraction of sp³-hybridized carbons (Fsp3) is 0.357. The number of halogens is 1. The van der Waals surface area contributed by atoms with Crippen LogP contribution in [-0.2, 0) is 12.8 Å². The van der Waals surface area contributed by atoms with Crippen LogP contribution >= 0.6 is 11.3 Å². The molecule has 0 fully saturated rings. The highest BCUT2D eigenvalue weighted by atomic mass is 32.1. The van der Waals surface area contributed by atoms with E-state index in [-0.39, 0.29) is 11.9 Å². The van der Waals surface area contributed by atoms with Crippen LogP contribution in [0, 0.1) is 19.7 Å².